The molecular weight excluding hydrogens is 547 g/mol. The van der Waals surface area contributed by atoms with Crippen LogP contribution in [0.1, 0.15) is 0 Å². The molecule has 202 valence electrons. The minimum Gasteiger partial charge on any atom is -0.456 e. The van der Waals surface area contributed by atoms with Crippen LogP contribution < -0.4 is 0 Å². The molecule has 4 nitrogen and oxygen atoms in total. The van der Waals surface area contributed by atoms with Gasteiger partial charge in [0, 0.05) is 38.4 Å². The van der Waals surface area contributed by atoms with Gasteiger partial charge in [-0.3, -0.25) is 0 Å². The van der Waals surface area contributed by atoms with Crippen molar-refractivity contribution in [1.29, 1.82) is 0 Å². The van der Waals surface area contributed by atoms with Crippen LogP contribution in [-0.4, -0.2) is 13.9 Å². The normalized spacial score (nSPS) is 11.7. The summed E-state index contributed by atoms with van der Waals surface area (Å²) in [7, 11) is 0. The van der Waals surface area contributed by atoms with Crippen LogP contribution in [0, 0.1) is 0 Å². The fraction of sp³-hybridized carbons (Fsp3) is 0. The highest BCUT2D eigenvalue weighted by Gasteiger charge is 2.15. The van der Waals surface area contributed by atoms with Crippen LogP contribution in [0.5, 0.6) is 0 Å². The summed E-state index contributed by atoms with van der Waals surface area (Å²) < 4.78 is 13.1. The third-order valence-corrected chi connectivity index (χ3v) is 8.98. The van der Waals surface area contributed by atoms with E-state index in [9.17, 15) is 0 Å². The molecule has 0 aliphatic rings. The average Bonchev–Trinajstić information content (AvgIpc) is 3.79. The third kappa shape index (κ3) is 3.90. The first-order valence-electron chi connectivity index (χ1n) is 14.2. The highest BCUT2D eigenvalue weighted by molar-refractivity contribution is 7.09. The molecule has 0 spiro atoms. The molecular formula is C38H23N3OS. The molecule has 9 aromatic rings. The van der Waals surface area contributed by atoms with Gasteiger partial charge in [0.25, 0.3) is 0 Å². The molecule has 0 amide bonds. The molecule has 3 aromatic heterocycles. The van der Waals surface area contributed by atoms with Crippen molar-refractivity contribution in [3.05, 3.63) is 140 Å². The summed E-state index contributed by atoms with van der Waals surface area (Å²) in [5, 5.41) is 5.66. The van der Waals surface area contributed by atoms with E-state index in [2.05, 4.69) is 106 Å². The predicted molar refractivity (Wildman–Crippen MR) is 178 cm³/mol. The topological polar surface area (TPSA) is 43.9 Å². The second-order valence-electron chi connectivity index (χ2n) is 10.7. The highest BCUT2D eigenvalue weighted by atomic mass is 32.1. The van der Waals surface area contributed by atoms with E-state index < -0.39 is 0 Å². The lowest BCUT2D eigenvalue weighted by atomic mass is 10.0. The predicted octanol–water partition coefficient (Wildman–Crippen LogP) is 10.5. The minimum absolute atomic E-state index is 0.766. The Morgan fingerprint density at radius 1 is 0.488 bits per heavy atom. The summed E-state index contributed by atoms with van der Waals surface area (Å²) in [5.74, 6) is 0.766. The van der Waals surface area contributed by atoms with Gasteiger partial charge in [-0.1, -0.05) is 78.9 Å². The van der Waals surface area contributed by atoms with Crippen molar-refractivity contribution >= 4 is 55.3 Å². The molecule has 0 bridgehead atoms. The van der Waals surface area contributed by atoms with Crippen LogP contribution in [0.25, 0.3) is 82.5 Å². The zero-order valence-electron chi connectivity index (χ0n) is 22.9. The molecule has 0 saturated heterocycles. The number of benzene rings is 6. The maximum absolute atomic E-state index is 6.19. The average molecular weight is 570 g/mol. The SMILES string of the molecule is c1ccc(-c2nsc(-c3ccc(-n4c5ccccc5c5cc(-c6ccc7c(c6)oc6ccccc67)ccc54)cc3)n2)cc1. The van der Waals surface area contributed by atoms with Crippen molar-refractivity contribution in [2.45, 2.75) is 0 Å². The highest BCUT2D eigenvalue weighted by Crippen LogP contribution is 2.37. The summed E-state index contributed by atoms with van der Waals surface area (Å²) in [4.78, 5) is 4.81. The summed E-state index contributed by atoms with van der Waals surface area (Å²) in [6, 6.07) is 48.9. The molecule has 9 rings (SSSR count). The molecule has 0 saturated carbocycles. The number of nitrogens with zero attached hydrogens (tertiary/aromatic N) is 3. The van der Waals surface area contributed by atoms with Crippen molar-refractivity contribution in [2.75, 3.05) is 0 Å². The van der Waals surface area contributed by atoms with Gasteiger partial charge in [0.2, 0.25) is 0 Å². The molecule has 5 heteroatoms. The van der Waals surface area contributed by atoms with Gasteiger partial charge < -0.3 is 8.98 Å². The first-order valence-corrected chi connectivity index (χ1v) is 15.0. The summed E-state index contributed by atoms with van der Waals surface area (Å²) in [6.45, 7) is 0. The Morgan fingerprint density at radius 3 is 2.05 bits per heavy atom. The second kappa shape index (κ2) is 9.51. The van der Waals surface area contributed by atoms with Gasteiger partial charge in [0.1, 0.15) is 16.2 Å². The van der Waals surface area contributed by atoms with E-state index in [0.717, 1.165) is 55.1 Å². The van der Waals surface area contributed by atoms with Crippen molar-refractivity contribution in [3.63, 3.8) is 0 Å². The Hall–Kier alpha value is -5.52. The van der Waals surface area contributed by atoms with E-state index in [-0.39, 0.29) is 0 Å². The first-order chi connectivity index (χ1) is 21.3. The maximum Gasteiger partial charge on any atom is 0.173 e. The maximum atomic E-state index is 6.19. The van der Waals surface area contributed by atoms with Crippen molar-refractivity contribution in [3.8, 4) is 38.8 Å². The molecule has 0 aliphatic heterocycles. The van der Waals surface area contributed by atoms with Crippen LogP contribution in [0.3, 0.4) is 0 Å². The lowest BCUT2D eigenvalue weighted by molar-refractivity contribution is 0.669. The fourth-order valence-corrected chi connectivity index (χ4v) is 6.82. The van der Waals surface area contributed by atoms with Gasteiger partial charge in [-0.05, 0) is 83.3 Å². The lowest BCUT2D eigenvalue weighted by Gasteiger charge is -2.09. The Morgan fingerprint density at radius 2 is 1.16 bits per heavy atom. The Balaban J connectivity index is 1.12. The van der Waals surface area contributed by atoms with Crippen LogP contribution >= 0.6 is 11.5 Å². The number of hydrogen-bond acceptors (Lipinski definition) is 4. The smallest absolute Gasteiger partial charge is 0.173 e. The number of para-hydroxylation sites is 2. The largest absolute Gasteiger partial charge is 0.456 e. The van der Waals surface area contributed by atoms with E-state index >= 15 is 0 Å². The van der Waals surface area contributed by atoms with Crippen LogP contribution in [0.4, 0.5) is 0 Å². The monoisotopic (exact) mass is 569 g/mol. The Kier molecular flexibility index (Phi) is 5.33. The van der Waals surface area contributed by atoms with Crippen LogP contribution in [0.2, 0.25) is 0 Å². The van der Waals surface area contributed by atoms with Crippen LogP contribution in [0.15, 0.2) is 144 Å². The molecule has 0 fully saturated rings. The Bertz CT molecular complexity index is 2450. The molecule has 0 aliphatic carbocycles. The van der Waals surface area contributed by atoms with E-state index in [1.807, 2.05) is 42.5 Å². The fourth-order valence-electron chi connectivity index (χ4n) is 6.13. The van der Waals surface area contributed by atoms with E-state index in [1.54, 1.807) is 0 Å². The lowest BCUT2D eigenvalue weighted by Crippen LogP contribution is -1.93. The van der Waals surface area contributed by atoms with E-state index in [4.69, 9.17) is 9.40 Å². The Labute approximate surface area is 251 Å². The number of hydrogen-bond donors (Lipinski definition) is 0. The van der Waals surface area contributed by atoms with Crippen molar-refractivity contribution in [1.82, 2.24) is 13.9 Å². The van der Waals surface area contributed by atoms with E-state index in [1.165, 1.54) is 38.9 Å². The number of fused-ring (bicyclic) bond motifs is 6. The third-order valence-electron chi connectivity index (χ3n) is 8.22. The van der Waals surface area contributed by atoms with Gasteiger partial charge in [-0.2, -0.15) is 4.37 Å². The molecule has 0 unspecified atom stereocenters. The zero-order chi connectivity index (χ0) is 28.3. The number of rotatable bonds is 4. The van der Waals surface area contributed by atoms with Crippen molar-refractivity contribution in [2.24, 2.45) is 0 Å². The van der Waals surface area contributed by atoms with Gasteiger partial charge >= 0.3 is 0 Å². The van der Waals surface area contributed by atoms with Crippen molar-refractivity contribution < 1.29 is 4.42 Å². The molecule has 0 atom stereocenters. The van der Waals surface area contributed by atoms with Gasteiger partial charge in [-0.15, -0.1) is 0 Å². The molecule has 0 radical (unpaired) electrons. The molecule has 6 aromatic carbocycles. The standard InChI is InChI=1S/C38H23N3OS/c1-2-8-24(9-3-1)37-39-38(43-40-37)25-14-18-28(19-15-25)41-33-12-6-4-10-29(33)32-22-26(17-21-34(32)41)27-16-20-31-30-11-5-7-13-35(30)42-36(31)23-27/h1-23H. The second-order valence-corrected chi connectivity index (χ2v) is 11.5. The summed E-state index contributed by atoms with van der Waals surface area (Å²) in [5.41, 5.74) is 9.69. The molecule has 0 N–H and O–H groups in total. The first kappa shape index (κ1) is 24.1. The van der Waals surface area contributed by atoms with Gasteiger partial charge in [-0.25, -0.2) is 4.98 Å². The molecule has 43 heavy (non-hydrogen) atoms. The molecule has 3 heterocycles. The number of aromatic nitrogens is 3. The van der Waals surface area contributed by atoms with Crippen LogP contribution in [-0.2, 0) is 0 Å². The van der Waals surface area contributed by atoms with E-state index in [0.29, 0.717) is 0 Å². The quantitative estimate of drug-likeness (QED) is 0.212. The summed E-state index contributed by atoms with van der Waals surface area (Å²) >= 11 is 1.43. The van der Waals surface area contributed by atoms with Gasteiger partial charge in [0.15, 0.2) is 5.82 Å². The zero-order valence-corrected chi connectivity index (χ0v) is 23.8. The summed E-state index contributed by atoms with van der Waals surface area (Å²) in [6.07, 6.45) is 0. The minimum atomic E-state index is 0.766. The van der Waals surface area contributed by atoms with Gasteiger partial charge in [0.05, 0.1) is 11.0 Å². The number of furan rings is 1.